The molecule has 190 valence electrons. The minimum absolute atomic E-state index is 0.0871. The third kappa shape index (κ3) is 6.21. The normalized spacial score (nSPS) is 25.1. The molecule has 10 heteroatoms. The van der Waals surface area contributed by atoms with Gasteiger partial charge in [-0.2, -0.15) is 24.9 Å². The Balaban J connectivity index is 1.36. The van der Waals surface area contributed by atoms with Gasteiger partial charge in [0.2, 0.25) is 5.91 Å². The predicted molar refractivity (Wildman–Crippen MR) is 132 cm³/mol. The van der Waals surface area contributed by atoms with Crippen LogP contribution >= 0.6 is 11.8 Å². The van der Waals surface area contributed by atoms with Crippen molar-refractivity contribution in [2.75, 3.05) is 18.1 Å². The number of amides is 1. The SMILES string of the molecule is C=S(=O)(N[C@H]1CC[C@H](C(=O)N2CCSCC2c2ccc(F)cc2)CC1)c1ccc(C(F)(F)F)cc1. The van der Waals surface area contributed by atoms with Crippen molar-refractivity contribution < 1.29 is 26.6 Å². The highest BCUT2D eigenvalue weighted by Crippen LogP contribution is 2.35. The molecule has 35 heavy (non-hydrogen) atoms. The first kappa shape index (κ1) is 26.0. The van der Waals surface area contributed by atoms with Gasteiger partial charge in [0, 0.05) is 34.9 Å². The molecule has 2 aromatic rings. The highest BCUT2D eigenvalue weighted by atomic mass is 32.2. The number of benzene rings is 2. The van der Waals surface area contributed by atoms with Crippen molar-refractivity contribution in [2.45, 2.75) is 48.8 Å². The average Bonchev–Trinajstić information content (AvgIpc) is 2.84. The minimum atomic E-state index is -4.46. The largest absolute Gasteiger partial charge is 0.416 e. The van der Waals surface area contributed by atoms with E-state index in [1.165, 1.54) is 24.3 Å². The standard InChI is InChI=1S/C25H28F4N2O2S2/c1-35(33,22-12-6-19(7-13-22)25(27,28)29)30-21-10-4-18(5-11-21)24(32)31-14-15-34-16-23(31)17-2-8-20(26)9-3-17/h2-3,6-9,12-13,18,21,23H,1,4-5,10-11,14-16H2,(H,30,33)/t18-,21-,23?,35?. The molecule has 0 aromatic heterocycles. The van der Waals surface area contributed by atoms with E-state index < -0.39 is 21.4 Å². The van der Waals surface area contributed by atoms with E-state index >= 15 is 0 Å². The third-order valence-corrected chi connectivity index (χ3v) is 9.43. The van der Waals surface area contributed by atoms with Crippen LogP contribution in [0.1, 0.15) is 42.9 Å². The molecule has 1 N–H and O–H groups in total. The Hall–Kier alpha value is -2.04. The molecule has 0 bridgehead atoms. The van der Waals surface area contributed by atoms with Crippen molar-refractivity contribution in [1.29, 1.82) is 0 Å². The molecule has 4 rings (SSSR count). The van der Waals surface area contributed by atoms with Crippen LogP contribution in [0.2, 0.25) is 0 Å². The molecule has 1 aliphatic carbocycles. The van der Waals surface area contributed by atoms with Gasteiger partial charge in [0.25, 0.3) is 0 Å². The number of hydrogen-bond donors (Lipinski definition) is 1. The van der Waals surface area contributed by atoms with Crippen LogP contribution in [0.3, 0.4) is 0 Å². The predicted octanol–water partition coefficient (Wildman–Crippen LogP) is 5.30. The zero-order chi connectivity index (χ0) is 25.2. The lowest BCUT2D eigenvalue weighted by molar-refractivity contribution is -0.139. The lowest BCUT2D eigenvalue weighted by atomic mass is 9.85. The van der Waals surface area contributed by atoms with Gasteiger partial charge in [0.05, 0.1) is 21.3 Å². The number of rotatable bonds is 5. The van der Waals surface area contributed by atoms with Crippen LogP contribution in [-0.2, 0) is 20.7 Å². The molecule has 1 aliphatic heterocycles. The van der Waals surface area contributed by atoms with E-state index in [1.807, 2.05) is 4.90 Å². The zero-order valence-electron chi connectivity index (χ0n) is 19.1. The van der Waals surface area contributed by atoms with Crippen molar-refractivity contribution in [2.24, 2.45) is 5.92 Å². The number of nitrogens with zero attached hydrogens (tertiary/aromatic N) is 1. The van der Waals surface area contributed by atoms with E-state index in [4.69, 9.17) is 0 Å². The summed E-state index contributed by atoms with van der Waals surface area (Å²) in [6.07, 6.45) is -1.97. The fourth-order valence-electron chi connectivity index (χ4n) is 4.72. The van der Waals surface area contributed by atoms with Crippen molar-refractivity contribution in [3.63, 3.8) is 0 Å². The summed E-state index contributed by atoms with van der Waals surface area (Å²) in [7, 11) is -2.97. The first-order chi connectivity index (χ1) is 16.5. The number of nitrogens with one attached hydrogen (secondary N) is 1. The number of hydrogen-bond acceptors (Lipinski definition) is 3. The fourth-order valence-corrected chi connectivity index (χ4v) is 7.30. The second-order valence-corrected chi connectivity index (χ2v) is 12.2. The van der Waals surface area contributed by atoms with Crippen LogP contribution < -0.4 is 4.72 Å². The summed E-state index contributed by atoms with van der Waals surface area (Å²) >= 11 is 1.78. The molecule has 1 heterocycles. The molecule has 2 aromatic carbocycles. The Morgan fingerprint density at radius 1 is 1.03 bits per heavy atom. The average molecular weight is 529 g/mol. The lowest BCUT2D eigenvalue weighted by Gasteiger charge is -2.39. The van der Waals surface area contributed by atoms with Crippen molar-refractivity contribution in [1.82, 2.24) is 9.62 Å². The summed E-state index contributed by atoms with van der Waals surface area (Å²) in [5, 5.41) is 0. The zero-order valence-corrected chi connectivity index (χ0v) is 20.7. The van der Waals surface area contributed by atoms with Gasteiger partial charge in [0.15, 0.2) is 0 Å². The summed E-state index contributed by atoms with van der Waals surface area (Å²) in [5.74, 6) is 5.00. The fraction of sp³-hybridized carbons (Fsp3) is 0.440. The molecule has 2 atom stereocenters. The van der Waals surface area contributed by atoms with Crippen molar-refractivity contribution in [3.05, 3.63) is 65.5 Å². The molecular weight excluding hydrogens is 500 g/mol. The molecule has 1 saturated heterocycles. The lowest BCUT2D eigenvalue weighted by Crippen LogP contribution is -2.46. The van der Waals surface area contributed by atoms with E-state index in [0.717, 1.165) is 29.2 Å². The van der Waals surface area contributed by atoms with E-state index in [0.29, 0.717) is 32.2 Å². The van der Waals surface area contributed by atoms with Crippen LogP contribution in [0.4, 0.5) is 17.6 Å². The maximum atomic E-state index is 13.4. The molecule has 0 radical (unpaired) electrons. The number of halogens is 4. The van der Waals surface area contributed by atoms with Gasteiger partial charge in [-0.1, -0.05) is 12.1 Å². The molecule has 2 unspecified atom stereocenters. The van der Waals surface area contributed by atoms with Crippen LogP contribution in [0, 0.1) is 11.7 Å². The maximum absolute atomic E-state index is 13.4. The molecule has 0 spiro atoms. The van der Waals surface area contributed by atoms with Crippen LogP contribution in [0.25, 0.3) is 0 Å². The Morgan fingerprint density at radius 3 is 2.26 bits per heavy atom. The summed E-state index contributed by atoms with van der Waals surface area (Å²) in [6, 6.07) is 10.3. The number of carbonyl (C=O) groups is 1. The van der Waals surface area contributed by atoms with E-state index in [1.54, 1.807) is 23.9 Å². The highest BCUT2D eigenvalue weighted by molar-refractivity contribution is 7.99. The number of alkyl halides is 3. The highest BCUT2D eigenvalue weighted by Gasteiger charge is 2.35. The molecule has 2 fully saturated rings. The van der Waals surface area contributed by atoms with Gasteiger partial charge in [0.1, 0.15) is 5.82 Å². The van der Waals surface area contributed by atoms with Gasteiger partial charge >= 0.3 is 6.18 Å². The molecule has 1 amide bonds. The monoisotopic (exact) mass is 528 g/mol. The van der Waals surface area contributed by atoms with Crippen molar-refractivity contribution >= 4 is 33.2 Å². The maximum Gasteiger partial charge on any atom is 0.416 e. The first-order valence-electron chi connectivity index (χ1n) is 11.5. The van der Waals surface area contributed by atoms with E-state index in [-0.39, 0.29) is 34.6 Å². The smallest absolute Gasteiger partial charge is 0.334 e. The van der Waals surface area contributed by atoms with E-state index in [2.05, 4.69) is 10.6 Å². The first-order valence-corrected chi connectivity index (χ1v) is 14.4. The quantitative estimate of drug-likeness (QED) is 0.423. The van der Waals surface area contributed by atoms with Gasteiger partial charge in [-0.05, 0) is 73.5 Å². The topological polar surface area (TPSA) is 49.4 Å². The number of thioether (sulfide) groups is 1. The summed E-state index contributed by atoms with van der Waals surface area (Å²) in [5.41, 5.74) is 0.126. The van der Waals surface area contributed by atoms with Gasteiger partial charge in [-0.3, -0.25) is 4.79 Å². The number of carbonyl (C=O) groups excluding carboxylic acids is 1. The Labute approximate surface area is 207 Å². The Kier molecular flexibility index (Phi) is 7.83. The summed E-state index contributed by atoms with van der Waals surface area (Å²) in [6.45, 7) is 0.643. The molecular formula is C25H28F4N2O2S2. The molecule has 1 saturated carbocycles. The van der Waals surface area contributed by atoms with Crippen LogP contribution in [0.15, 0.2) is 53.4 Å². The van der Waals surface area contributed by atoms with Gasteiger partial charge < -0.3 is 4.90 Å². The second kappa shape index (κ2) is 10.5. The van der Waals surface area contributed by atoms with Crippen LogP contribution in [-0.4, -0.2) is 45.0 Å². The Bertz CT molecular complexity index is 1130. The Morgan fingerprint density at radius 2 is 1.66 bits per heavy atom. The minimum Gasteiger partial charge on any atom is -0.334 e. The van der Waals surface area contributed by atoms with Crippen LogP contribution in [0.5, 0.6) is 0 Å². The van der Waals surface area contributed by atoms with E-state index in [9.17, 15) is 26.6 Å². The summed E-state index contributed by atoms with van der Waals surface area (Å²) in [4.78, 5) is 15.5. The summed E-state index contributed by atoms with van der Waals surface area (Å²) < 4.78 is 67.9. The molecule has 4 nitrogen and oxygen atoms in total. The van der Waals surface area contributed by atoms with Gasteiger partial charge in [-0.15, -0.1) is 0 Å². The second-order valence-electron chi connectivity index (χ2n) is 9.04. The molecule has 2 aliphatic rings. The third-order valence-electron chi connectivity index (χ3n) is 6.66. The van der Waals surface area contributed by atoms with Gasteiger partial charge in [-0.25, -0.2) is 13.3 Å². The van der Waals surface area contributed by atoms with Crippen molar-refractivity contribution in [3.8, 4) is 0 Å².